The number of benzene rings is 1. The minimum Gasteiger partial charge on any atom is -0.368 e. The van der Waals surface area contributed by atoms with Crippen molar-refractivity contribution < 1.29 is 9.59 Å². The Kier molecular flexibility index (Phi) is 6.40. The second-order valence-electron chi connectivity index (χ2n) is 5.73. The van der Waals surface area contributed by atoms with E-state index in [1.54, 1.807) is 0 Å². The van der Waals surface area contributed by atoms with Crippen LogP contribution in [0.1, 0.15) is 45.6 Å². The van der Waals surface area contributed by atoms with Gasteiger partial charge in [0, 0.05) is 6.42 Å². The molecule has 4 heteroatoms. The van der Waals surface area contributed by atoms with Crippen LogP contribution in [0.5, 0.6) is 0 Å². The van der Waals surface area contributed by atoms with Crippen molar-refractivity contribution in [3.8, 4) is 0 Å². The highest BCUT2D eigenvalue weighted by Gasteiger charge is 2.39. The molecule has 0 aliphatic carbocycles. The van der Waals surface area contributed by atoms with Gasteiger partial charge < -0.3 is 11.1 Å². The first kappa shape index (κ1) is 17.2. The van der Waals surface area contributed by atoms with Crippen LogP contribution in [0.2, 0.25) is 0 Å². The van der Waals surface area contributed by atoms with E-state index < -0.39 is 11.4 Å². The molecule has 1 aromatic carbocycles. The van der Waals surface area contributed by atoms with Crippen LogP contribution in [0.3, 0.4) is 0 Å². The van der Waals surface area contributed by atoms with E-state index in [1.165, 1.54) is 5.56 Å². The van der Waals surface area contributed by atoms with E-state index in [-0.39, 0.29) is 11.8 Å². The smallest absolute Gasteiger partial charge is 0.243 e. The van der Waals surface area contributed by atoms with Crippen molar-refractivity contribution in [1.29, 1.82) is 0 Å². The molecule has 1 atom stereocenters. The van der Waals surface area contributed by atoms with Crippen LogP contribution >= 0.6 is 0 Å². The highest BCUT2D eigenvalue weighted by molar-refractivity contribution is 5.90. The first-order valence-corrected chi connectivity index (χ1v) is 7.57. The molecule has 0 saturated heterocycles. The van der Waals surface area contributed by atoms with Crippen molar-refractivity contribution in [3.63, 3.8) is 0 Å². The molecule has 21 heavy (non-hydrogen) atoms. The van der Waals surface area contributed by atoms with Crippen molar-refractivity contribution >= 4 is 11.8 Å². The second-order valence-corrected chi connectivity index (χ2v) is 5.73. The van der Waals surface area contributed by atoms with Gasteiger partial charge in [0.05, 0.1) is 0 Å². The SMILES string of the molecule is CC[C@](NC(=O)CCCc1ccccc1)(C(N)=O)C(C)C. The van der Waals surface area contributed by atoms with Gasteiger partial charge in [0.15, 0.2) is 0 Å². The van der Waals surface area contributed by atoms with E-state index in [9.17, 15) is 9.59 Å². The summed E-state index contributed by atoms with van der Waals surface area (Å²) in [4.78, 5) is 23.8. The third-order valence-corrected chi connectivity index (χ3v) is 4.06. The molecule has 0 aliphatic heterocycles. The fourth-order valence-electron chi connectivity index (χ4n) is 2.57. The fourth-order valence-corrected chi connectivity index (χ4v) is 2.57. The summed E-state index contributed by atoms with van der Waals surface area (Å²) >= 11 is 0. The lowest BCUT2D eigenvalue weighted by Crippen LogP contribution is -2.60. The highest BCUT2D eigenvalue weighted by Crippen LogP contribution is 2.21. The minimum absolute atomic E-state index is 0.0296. The Labute approximate surface area is 127 Å². The average molecular weight is 290 g/mol. The second kappa shape index (κ2) is 7.81. The Morgan fingerprint density at radius 1 is 1.24 bits per heavy atom. The van der Waals surface area contributed by atoms with Crippen molar-refractivity contribution in [3.05, 3.63) is 35.9 Å². The van der Waals surface area contributed by atoms with Gasteiger partial charge in [0.1, 0.15) is 5.54 Å². The van der Waals surface area contributed by atoms with Gasteiger partial charge in [-0.05, 0) is 30.7 Å². The van der Waals surface area contributed by atoms with Crippen LogP contribution in [-0.2, 0) is 16.0 Å². The van der Waals surface area contributed by atoms with Crippen LogP contribution < -0.4 is 11.1 Å². The summed E-state index contributed by atoms with van der Waals surface area (Å²) in [6.07, 6.45) is 2.51. The number of carbonyl (C=O) groups is 2. The van der Waals surface area contributed by atoms with Gasteiger partial charge in [0.25, 0.3) is 0 Å². The molecule has 1 rings (SSSR count). The molecule has 1 aromatic rings. The van der Waals surface area contributed by atoms with E-state index in [0.717, 1.165) is 12.8 Å². The van der Waals surface area contributed by atoms with E-state index in [0.29, 0.717) is 12.8 Å². The lowest BCUT2D eigenvalue weighted by atomic mass is 9.83. The van der Waals surface area contributed by atoms with Crippen molar-refractivity contribution in [2.24, 2.45) is 11.7 Å². The van der Waals surface area contributed by atoms with Crippen LogP contribution in [0.4, 0.5) is 0 Å². The third-order valence-electron chi connectivity index (χ3n) is 4.06. The van der Waals surface area contributed by atoms with Gasteiger partial charge in [-0.1, -0.05) is 51.1 Å². The summed E-state index contributed by atoms with van der Waals surface area (Å²) in [5.41, 5.74) is 5.77. The number of nitrogens with two attached hydrogens (primary N) is 1. The zero-order valence-electron chi connectivity index (χ0n) is 13.2. The van der Waals surface area contributed by atoms with Gasteiger partial charge in [-0.2, -0.15) is 0 Å². The molecule has 0 radical (unpaired) electrons. The molecule has 0 unspecified atom stereocenters. The zero-order chi connectivity index (χ0) is 15.9. The number of nitrogens with one attached hydrogen (secondary N) is 1. The van der Waals surface area contributed by atoms with Crippen LogP contribution in [0.15, 0.2) is 30.3 Å². The molecule has 0 spiro atoms. The molecule has 116 valence electrons. The van der Waals surface area contributed by atoms with Crippen LogP contribution in [0.25, 0.3) is 0 Å². The molecule has 2 amide bonds. The Bertz CT molecular complexity index is 471. The first-order valence-electron chi connectivity index (χ1n) is 7.57. The van der Waals surface area contributed by atoms with E-state index in [2.05, 4.69) is 5.32 Å². The summed E-state index contributed by atoms with van der Waals surface area (Å²) in [5.74, 6) is -0.602. The summed E-state index contributed by atoms with van der Waals surface area (Å²) in [6.45, 7) is 5.67. The maximum Gasteiger partial charge on any atom is 0.243 e. The van der Waals surface area contributed by atoms with Crippen LogP contribution in [-0.4, -0.2) is 17.4 Å². The Morgan fingerprint density at radius 3 is 2.33 bits per heavy atom. The third kappa shape index (κ3) is 4.59. The lowest BCUT2D eigenvalue weighted by molar-refractivity contribution is -0.133. The predicted molar refractivity (Wildman–Crippen MR) is 84.6 cm³/mol. The van der Waals surface area contributed by atoms with Crippen molar-refractivity contribution in [1.82, 2.24) is 5.32 Å². The number of hydrogen-bond donors (Lipinski definition) is 2. The summed E-state index contributed by atoms with van der Waals surface area (Å²) in [6, 6.07) is 10.0. The Morgan fingerprint density at radius 2 is 1.86 bits per heavy atom. The van der Waals surface area contributed by atoms with Gasteiger partial charge in [-0.15, -0.1) is 0 Å². The average Bonchev–Trinajstić information content (AvgIpc) is 2.45. The van der Waals surface area contributed by atoms with E-state index >= 15 is 0 Å². The standard InChI is InChI=1S/C17H26N2O2/c1-4-17(13(2)3,16(18)21)19-15(20)12-8-11-14-9-6-5-7-10-14/h5-7,9-10,13H,4,8,11-12H2,1-3H3,(H2,18,21)(H,19,20)/t17-/m1/s1. The lowest BCUT2D eigenvalue weighted by Gasteiger charge is -2.34. The first-order chi connectivity index (χ1) is 9.92. The summed E-state index contributed by atoms with van der Waals surface area (Å²) < 4.78 is 0. The Balaban J connectivity index is 2.53. The van der Waals surface area contributed by atoms with Gasteiger partial charge >= 0.3 is 0 Å². The molecule has 0 aliphatic rings. The molecule has 3 N–H and O–H groups in total. The van der Waals surface area contributed by atoms with Gasteiger partial charge in [-0.25, -0.2) is 0 Å². The van der Waals surface area contributed by atoms with Crippen LogP contribution in [0, 0.1) is 5.92 Å². The number of primary amides is 1. The van der Waals surface area contributed by atoms with E-state index in [1.807, 2.05) is 51.1 Å². The number of aryl methyl sites for hydroxylation is 1. The van der Waals surface area contributed by atoms with E-state index in [4.69, 9.17) is 5.73 Å². The quantitative estimate of drug-likeness (QED) is 0.771. The molecule has 0 bridgehead atoms. The van der Waals surface area contributed by atoms with Crippen molar-refractivity contribution in [2.45, 2.75) is 52.0 Å². The number of carbonyl (C=O) groups excluding carboxylic acids is 2. The maximum absolute atomic E-state index is 12.1. The highest BCUT2D eigenvalue weighted by atomic mass is 16.2. The normalized spacial score (nSPS) is 13.7. The number of hydrogen-bond acceptors (Lipinski definition) is 2. The molecule has 0 fully saturated rings. The predicted octanol–water partition coefficient (Wildman–Crippen LogP) is 2.42. The minimum atomic E-state index is -0.941. The summed E-state index contributed by atoms with van der Waals surface area (Å²) in [7, 11) is 0. The van der Waals surface area contributed by atoms with Gasteiger partial charge in [-0.3, -0.25) is 9.59 Å². The number of amides is 2. The number of rotatable bonds is 8. The molecular formula is C17H26N2O2. The van der Waals surface area contributed by atoms with Gasteiger partial charge in [0.2, 0.25) is 11.8 Å². The zero-order valence-corrected chi connectivity index (χ0v) is 13.2. The topological polar surface area (TPSA) is 72.2 Å². The molecule has 0 aromatic heterocycles. The largest absolute Gasteiger partial charge is 0.368 e. The maximum atomic E-state index is 12.1. The van der Waals surface area contributed by atoms with Crippen molar-refractivity contribution in [2.75, 3.05) is 0 Å². The monoisotopic (exact) mass is 290 g/mol. The Hall–Kier alpha value is -1.84. The molecule has 0 heterocycles. The molecule has 4 nitrogen and oxygen atoms in total. The molecule has 0 saturated carbocycles. The fraction of sp³-hybridized carbons (Fsp3) is 0.529. The summed E-state index contributed by atoms with van der Waals surface area (Å²) in [5, 5.41) is 2.85. The molecular weight excluding hydrogens is 264 g/mol.